The fourth-order valence-corrected chi connectivity index (χ4v) is 1.55. The van der Waals surface area contributed by atoms with Crippen molar-refractivity contribution in [3.8, 4) is 0 Å². The van der Waals surface area contributed by atoms with Gasteiger partial charge in [-0.05, 0) is 19.4 Å². The fourth-order valence-electron chi connectivity index (χ4n) is 1.55. The summed E-state index contributed by atoms with van der Waals surface area (Å²) in [5.41, 5.74) is -0.0536. The lowest BCUT2D eigenvalue weighted by Gasteiger charge is -2.23. The zero-order valence-electron chi connectivity index (χ0n) is 10.4. The number of fused-ring (bicyclic) bond motifs is 1. The summed E-state index contributed by atoms with van der Waals surface area (Å²) in [7, 11) is 0. The van der Waals surface area contributed by atoms with Crippen molar-refractivity contribution in [2.45, 2.75) is 20.3 Å². The number of carbonyl (C=O) groups is 1. The third-order valence-corrected chi connectivity index (χ3v) is 3.21. The maximum Gasteiger partial charge on any atom is 0.311 e. The third-order valence-electron chi connectivity index (χ3n) is 3.21. The lowest BCUT2D eigenvalue weighted by atomic mass is 9.88. The Hall–Kier alpha value is -2.11. The molecule has 6 nitrogen and oxygen atoms in total. The molecule has 2 heterocycles. The maximum atomic E-state index is 11.2. The van der Waals surface area contributed by atoms with Gasteiger partial charge in [-0.3, -0.25) is 4.79 Å². The van der Waals surface area contributed by atoms with Crippen molar-refractivity contribution in [1.29, 1.82) is 0 Å². The van der Waals surface area contributed by atoms with Gasteiger partial charge < -0.3 is 10.4 Å². The zero-order valence-corrected chi connectivity index (χ0v) is 10.4. The number of hydrogen-bond acceptors (Lipinski definition) is 4. The van der Waals surface area contributed by atoms with Crippen molar-refractivity contribution >= 4 is 17.4 Å². The molecule has 1 atom stereocenters. The summed E-state index contributed by atoms with van der Waals surface area (Å²) in [6.45, 7) is 3.93. The number of carboxylic acids is 1. The quantitative estimate of drug-likeness (QED) is 0.841. The van der Waals surface area contributed by atoms with Crippen LogP contribution in [0.2, 0.25) is 0 Å². The predicted molar refractivity (Wildman–Crippen MR) is 67.5 cm³/mol. The van der Waals surface area contributed by atoms with E-state index in [0.717, 1.165) is 5.65 Å². The molecule has 0 saturated heterocycles. The minimum Gasteiger partial charge on any atom is -0.481 e. The number of rotatable bonds is 5. The Morgan fingerprint density at radius 1 is 1.56 bits per heavy atom. The first-order valence-electron chi connectivity index (χ1n) is 5.83. The van der Waals surface area contributed by atoms with Crippen molar-refractivity contribution in [3.63, 3.8) is 0 Å². The molecule has 0 fully saturated rings. The van der Waals surface area contributed by atoms with Gasteiger partial charge in [0.1, 0.15) is 5.82 Å². The van der Waals surface area contributed by atoms with Crippen LogP contribution in [0.1, 0.15) is 20.3 Å². The minimum atomic E-state index is -0.803. The lowest BCUT2D eigenvalue weighted by molar-refractivity contribution is -0.147. The van der Waals surface area contributed by atoms with Crippen molar-refractivity contribution in [3.05, 3.63) is 24.5 Å². The van der Waals surface area contributed by atoms with Gasteiger partial charge in [-0.15, -0.1) is 0 Å². The summed E-state index contributed by atoms with van der Waals surface area (Å²) in [6, 6.07) is 3.57. The van der Waals surface area contributed by atoms with Crippen molar-refractivity contribution in [1.82, 2.24) is 14.6 Å². The molecular formula is C12H16N4O2. The Bertz CT molecular complexity index is 566. The molecule has 2 aromatic heterocycles. The van der Waals surface area contributed by atoms with Gasteiger partial charge in [-0.1, -0.05) is 6.92 Å². The number of hydrogen-bond donors (Lipinski definition) is 2. The Labute approximate surface area is 105 Å². The topological polar surface area (TPSA) is 79.5 Å². The molecule has 0 amide bonds. The van der Waals surface area contributed by atoms with Crippen LogP contribution in [-0.2, 0) is 4.79 Å². The van der Waals surface area contributed by atoms with Crippen molar-refractivity contribution < 1.29 is 9.90 Å². The number of aliphatic carboxylic acids is 1. The molecule has 0 saturated carbocycles. The molecule has 0 radical (unpaired) electrons. The van der Waals surface area contributed by atoms with E-state index in [-0.39, 0.29) is 0 Å². The van der Waals surface area contributed by atoms with Crippen molar-refractivity contribution in [2.24, 2.45) is 5.41 Å². The third kappa shape index (κ3) is 2.27. The standard InChI is InChI=1S/C12H16N4O2/c1-3-12(2,11(17)18)8-13-9-5-7-16-10(15-9)4-6-14-16/h4-7H,3,8H2,1-2H3,(H,13,15)(H,17,18). The van der Waals surface area contributed by atoms with Crippen LogP contribution in [-0.4, -0.2) is 32.2 Å². The van der Waals surface area contributed by atoms with Gasteiger partial charge >= 0.3 is 5.97 Å². The number of nitrogens with zero attached hydrogens (tertiary/aromatic N) is 3. The van der Waals surface area contributed by atoms with E-state index in [2.05, 4.69) is 15.4 Å². The van der Waals surface area contributed by atoms with E-state index in [9.17, 15) is 9.90 Å². The van der Waals surface area contributed by atoms with E-state index >= 15 is 0 Å². The Balaban J connectivity index is 2.11. The predicted octanol–water partition coefficient (Wildman–Crippen LogP) is 1.64. The Kier molecular flexibility index (Phi) is 3.18. The van der Waals surface area contributed by atoms with Crippen LogP contribution in [0.15, 0.2) is 24.5 Å². The van der Waals surface area contributed by atoms with Gasteiger partial charge in [-0.25, -0.2) is 9.50 Å². The highest BCUT2D eigenvalue weighted by atomic mass is 16.4. The lowest BCUT2D eigenvalue weighted by Crippen LogP contribution is -2.34. The first-order chi connectivity index (χ1) is 8.55. The summed E-state index contributed by atoms with van der Waals surface area (Å²) in [5, 5.41) is 16.3. The average Bonchev–Trinajstić information content (AvgIpc) is 2.82. The summed E-state index contributed by atoms with van der Waals surface area (Å²) >= 11 is 0. The molecule has 0 spiro atoms. The smallest absolute Gasteiger partial charge is 0.311 e. The van der Waals surface area contributed by atoms with Crippen LogP contribution >= 0.6 is 0 Å². The average molecular weight is 248 g/mol. The molecule has 0 bridgehead atoms. The van der Waals surface area contributed by atoms with E-state index in [4.69, 9.17) is 0 Å². The molecule has 96 valence electrons. The Morgan fingerprint density at radius 3 is 3.00 bits per heavy atom. The monoisotopic (exact) mass is 248 g/mol. The first kappa shape index (κ1) is 12.3. The maximum absolute atomic E-state index is 11.2. The van der Waals surface area contributed by atoms with Crippen LogP contribution in [0.4, 0.5) is 5.82 Å². The molecule has 0 aliphatic heterocycles. The minimum absolute atomic E-state index is 0.343. The second kappa shape index (κ2) is 4.64. The summed E-state index contributed by atoms with van der Waals surface area (Å²) in [5.74, 6) is -0.146. The highest BCUT2D eigenvalue weighted by Gasteiger charge is 2.30. The molecule has 18 heavy (non-hydrogen) atoms. The number of carboxylic acid groups (broad SMARTS) is 1. The van der Waals surface area contributed by atoms with Gasteiger partial charge in [0, 0.05) is 18.8 Å². The largest absolute Gasteiger partial charge is 0.481 e. The second-order valence-electron chi connectivity index (χ2n) is 4.52. The molecule has 0 aromatic carbocycles. The van der Waals surface area contributed by atoms with Gasteiger partial charge in [-0.2, -0.15) is 5.10 Å². The zero-order chi connectivity index (χ0) is 13.2. The summed E-state index contributed by atoms with van der Waals surface area (Å²) in [6.07, 6.45) is 4.01. The molecule has 0 aliphatic rings. The number of nitrogens with one attached hydrogen (secondary N) is 1. The van der Waals surface area contributed by atoms with Gasteiger partial charge in [0.25, 0.3) is 0 Å². The molecule has 0 aliphatic carbocycles. The van der Waals surface area contributed by atoms with E-state index in [1.165, 1.54) is 0 Å². The SMILES string of the molecule is CCC(C)(CNc1ccn2nccc2n1)C(=O)O. The second-order valence-corrected chi connectivity index (χ2v) is 4.52. The van der Waals surface area contributed by atoms with E-state index in [1.807, 2.05) is 6.92 Å². The molecule has 2 aromatic rings. The summed E-state index contributed by atoms with van der Waals surface area (Å²) in [4.78, 5) is 15.5. The summed E-state index contributed by atoms with van der Waals surface area (Å²) < 4.78 is 1.65. The highest BCUT2D eigenvalue weighted by molar-refractivity contribution is 5.74. The molecular weight excluding hydrogens is 232 g/mol. The van der Waals surface area contributed by atoms with Crippen LogP contribution in [0.25, 0.3) is 5.65 Å². The van der Waals surface area contributed by atoms with E-state index < -0.39 is 11.4 Å². The van der Waals surface area contributed by atoms with Crippen LogP contribution in [0.3, 0.4) is 0 Å². The highest BCUT2D eigenvalue weighted by Crippen LogP contribution is 2.21. The molecule has 2 N–H and O–H groups in total. The van der Waals surface area contributed by atoms with Gasteiger partial charge in [0.05, 0.1) is 11.6 Å². The van der Waals surface area contributed by atoms with Crippen LogP contribution < -0.4 is 5.32 Å². The van der Waals surface area contributed by atoms with E-state index in [1.54, 1.807) is 36.0 Å². The van der Waals surface area contributed by atoms with Crippen LogP contribution in [0, 0.1) is 5.41 Å². The normalized spacial score (nSPS) is 14.3. The van der Waals surface area contributed by atoms with Crippen LogP contribution in [0.5, 0.6) is 0 Å². The molecule has 1 unspecified atom stereocenters. The van der Waals surface area contributed by atoms with Crippen molar-refractivity contribution in [2.75, 3.05) is 11.9 Å². The molecule has 2 rings (SSSR count). The Morgan fingerprint density at radius 2 is 2.33 bits per heavy atom. The number of aromatic nitrogens is 3. The van der Waals surface area contributed by atoms with E-state index in [0.29, 0.717) is 18.8 Å². The van der Waals surface area contributed by atoms with Gasteiger partial charge in [0.2, 0.25) is 0 Å². The number of anilines is 1. The first-order valence-corrected chi connectivity index (χ1v) is 5.83. The van der Waals surface area contributed by atoms with Gasteiger partial charge in [0.15, 0.2) is 5.65 Å². The fraction of sp³-hybridized carbons (Fsp3) is 0.417. The molecule has 6 heteroatoms.